The lowest BCUT2D eigenvalue weighted by Crippen LogP contribution is -2.44. The molecule has 29 heavy (non-hydrogen) atoms. The van der Waals surface area contributed by atoms with Crippen LogP contribution in [0.3, 0.4) is 0 Å². The van der Waals surface area contributed by atoms with Gasteiger partial charge in [-0.3, -0.25) is 9.69 Å². The molecule has 0 spiro atoms. The highest BCUT2D eigenvalue weighted by Gasteiger charge is 2.49. The number of hydrogen-bond acceptors (Lipinski definition) is 4. The van der Waals surface area contributed by atoms with Gasteiger partial charge < -0.3 is 19.4 Å². The van der Waals surface area contributed by atoms with Gasteiger partial charge >= 0.3 is 0 Å². The van der Waals surface area contributed by atoms with E-state index in [2.05, 4.69) is 17.1 Å². The van der Waals surface area contributed by atoms with Crippen LogP contribution in [-0.4, -0.2) is 53.1 Å². The number of ether oxygens (including phenoxy) is 2. The Balaban J connectivity index is 1.78. The Kier molecular flexibility index (Phi) is 4.03. The van der Waals surface area contributed by atoms with Gasteiger partial charge in [0.15, 0.2) is 5.11 Å². The largest absolute Gasteiger partial charge is 0.497 e. The summed E-state index contributed by atoms with van der Waals surface area (Å²) in [5.74, 6) is 1.43. The van der Waals surface area contributed by atoms with Crippen molar-refractivity contribution < 1.29 is 14.3 Å². The molecule has 1 aromatic heterocycles. The molecule has 2 aromatic carbocycles. The van der Waals surface area contributed by atoms with Crippen LogP contribution in [0.4, 0.5) is 0 Å². The number of hydrogen-bond donors (Lipinski definition) is 1. The minimum atomic E-state index is -0.318. The Bertz CT molecular complexity index is 1130. The number of fused-ring (bicyclic) bond motifs is 4. The first-order valence-corrected chi connectivity index (χ1v) is 9.86. The summed E-state index contributed by atoms with van der Waals surface area (Å²) in [4.78, 5) is 20.2. The molecule has 1 N–H and O–H groups in total. The first kappa shape index (κ1) is 18.0. The molecule has 1 fully saturated rings. The predicted molar refractivity (Wildman–Crippen MR) is 114 cm³/mol. The van der Waals surface area contributed by atoms with Crippen LogP contribution in [0.1, 0.15) is 22.9 Å². The van der Waals surface area contributed by atoms with Crippen molar-refractivity contribution in [3.63, 3.8) is 0 Å². The van der Waals surface area contributed by atoms with Crippen molar-refractivity contribution in [2.45, 2.75) is 18.5 Å². The Morgan fingerprint density at radius 2 is 1.79 bits per heavy atom. The molecule has 2 aliphatic rings. The smallest absolute Gasteiger partial charge is 0.251 e. The van der Waals surface area contributed by atoms with E-state index in [0.717, 1.165) is 22.2 Å². The topological polar surface area (TPSA) is 57.8 Å². The minimum absolute atomic E-state index is 0.0331. The van der Waals surface area contributed by atoms with E-state index >= 15 is 0 Å². The van der Waals surface area contributed by atoms with Gasteiger partial charge in [0.25, 0.3) is 5.91 Å². The highest BCUT2D eigenvalue weighted by Crippen LogP contribution is 2.45. The second-order valence-corrected chi connectivity index (χ2v) is 7.78. The number of carbonyl (C=O) groups is 1. The van der Waals surface area contributed by atoms with Crippen LogP contribution in [0.25, 0.3) is 10.9 Å². The summed E-state index contributed by atoms with van der Waals surface area (Å²) in [5.41, 5.74) is 4.25. The third kappa shape index (κ3) is 2.54. The normalized spacial score (nSPS) is 20.8. The fraction of sp³-hybridized carbons (Fsp3) is 0.273. The van der Waals surface area contributed by atoms with Crippen LogP contribution in [-0.2, 0) is 11.2 Å². The van der Waals surface area contributed by atoms with Gasteiger partial charge in [-0.2, -0.15) is 0 Å². The van der Waals surface area contributed by atoms with E-state index in [4.69, 9.17) is 21.7 Å². The van der Waals surface area contributed by atoms with E-state index in [1.54, 1.807) is 26.2 Å². The van der Waals surface area contributed by atoms with Crippen molar-refractivity contribution in [3.8, 4) is 11.5 Å². The standard InChI is InChI=1S/C22H21N3O3S/c1-24-21(26)18-11-16-15-6-4-5-7-17(15)23-19(16)20(25(18)22(24)29)12-8-13(27-2)10-14(9-12)28-3/h4-10,18,20,23H,11H2,1-3H3/t18-,20-/m0/s1. The number of methoxy groups -OCH3 is 2. The van der Waals surface area contributed by atoms with E-state index in [-0.39, 0.29) is 18.0 Å². The van der Waals surface area contributed by atoms with Crippen LogP contribution < -0.4 is 9.47 Å². The van der Waals surface area contributed by atoms with Crippen LogP contribution >= 0.6 is 12.2 Å². The highest BCUT2D eigenvalue weighted by molar-refractivity contribution is 7.80. The maximum atomic E-state index is 13.0. The molecule has 0 unspecified atom stereocenters. The van der Waals surface area contributed by atoms with Crippen molar-refractivity contribution in [1.82, 2.24) is 14.8 Å². The molecule has 7 heteroatoms. The van der Waals surface area contributed by atoms with E-state index < -0.39 is 0 Å². The molecule has 0 saturated carbocycles. The van der Waals surface area contributed by atoms with E-state index in [0.29, 0.717) is 23.0 Å². The number of benzene rings is 2. The number of thiocarbonyl (C=S) groups is 1. The van der Waals surface area contributed by atoms with Gasteiger partial charge in [-0.1, -0.05) is 18.2 Å². The minimum Gasteiger partial charge on any atom is -0.497 e. The fourth-order valence-corrected chi connectivity index (χ4v) is 4.86. The molecule has 1 amide bonds. The lowest BCUT2D eigenvalue weighted by molar-refractivity contribution is -0.127. The van der Waals surface area contributed by atoms with Gasteiger partial charge in [-0.15, -0.1) is 0 Å². The summed E-state index contributed by atoms with van der Waals surface area (Å²) in [6.45, 7) is 0. The highest BCUT2D eigenvalue weighted by atomic mass is 32.1. The molecule has 2 aliphatic heterocycles. The lowest BCUT2D eigenvalue weighted by Gasteiger charge is -2.37. The summed E-state index contributed by atoms with van der Waals surface area (Å²) in [6.07, 6.45) is 0.625. The number of aromatic nitrogens is 1. The molecule has 3 aromatic rings. The zero-order valence-corrected chi connectivity index (χ0v) is 17.2. The number of para-hydroxylation sites is 1. The number of nitrogens with one attached hydrogen (secondary N) is 1. The quantitative estimate of drug-likeness (QED) is 0.676. The second-order valence-electron chi connectivity index (χ2n) is 7.42. The summed E-state index contributed by atoms with van der Waals surface area (Å²) in [7, 11) is 5.02. The Morgan fingerprint density at radius 3 is 2.48 bits per heavy atom. The van der Waals surface area contributed by atoms with Crippen molar-refractivity contribution in [1.29, 1.82) is 0 Å². The van der Waals surface area contributed by atoms with E-state index in [1.165, 1.54) is 5.56 Å². The molecular weight excluding hydrogens is 386 g/mol. The zero-order chi connectivity index (χ0) is 20.3. The van der Waals surface area contributed by atoms with Gasteiger partial charge in [-0.05, 0) is 41.5 Å². The number of likely N-dealkylation sites (N-methyl/N-ethyl adjacent to an activating group) is 1. The van der Waals surface area contributed by atoms with Crippen LogP contribution in [0.15, 0.2) is 42.5 Å². The number of aromatic amines is 1. The van der Waals surface area contributed by atoms with Crippen molar-refractivity contribution >= 4 is 34.1 Å². The number of amides is 1. The Labute approximate surface area is 174 Å². The summed E-state index contributed by atoms with van der Waals surface area (Å²) in [5, 5.41) is 1.69. The lowest BCUT2D eigenvalue weighted by atomic mass is 9.88. The van der Waals surface area contributed by atoms with Crippen molar-refractivity contribution in [3.05, 3.63) is 59.3 Å². The molecule has 5 rings (SSSR count). The molecule has 0 aliphatic carbocycles. The average Bonchev–Trinajstić information content (AvgIpc) is 3.23. The summed E-state index contributed by atoms with van der Waals surface area (Å²) >= 11 is 5.68. The van der Waals surface area contributed by atoms with Crippen LogP contribution in [0, 0.1) is 0 Å². The van der Waals surface area contributed by atoms with Gasteiger partial charge in [0.2, 0.25) is 0 Å². The maximum absolute atomic E-state index is 13.0. The first-order valence-electron chi connectivity index (χ1n) is 9.45. The molecule has 3 heterocycles. The van der Waals surface area contributed by atoms with Crippen LogP contribution in [0.5, 0.6) is 11.5 Å². The SMILES string of the molecule is COc1cc(OC)cc([C@H]2c3[nH]c4ccccc4c3C[C@H]3C(=O)N(C)C(=S)N23)c1. The van der Waals surface area contributed by atoms with E-state index in [1.807, 2.05) is 35.2 Å². The first-order chi connectivity index (χ1) is 14.0. The zero-order valence-electron chi connectivity index (χ0n) is 16.4. The third-order valence-electron chi connectivity index (χ3n) is 5.94. The molecular formula is C22H21N3O3S. The number of rotatable bonds is 3. The maximum Gasteiger partial charge on any atom is 0.251 e. The second kappa shape index (κ2) is 6.49. The van der Waals surface area contributed by atoms with Gasteiger partial charge in [-0.25, -0.2) is 0 Å². The molecule has 0 radical (unpaired) electrons. The predicted octanol–water partition coefficient (Wildman–Crippen LogP) is 3.26. The summed E-state index contributed by atoms with van der Waals surface area (Å²) in [6, 6.07) is 13.5. The van der Waals surface area contributed by atoms with E-state index in [9.17, 15) is 4.79 Å². The van der Waals surface area contributed by atoms with Gasteiger partial charge in [0.05, 0.1) is 20.3 Å². The average molecular weight is 407 g/mol. The van der Waals surface area contributed by atoms with Crippen molar-refractivity contribution in [2.24, 2.45) is 0 Å². The molecule has 148 valence electrons. The van der Waals surface area contributed by atoms with Gasteiger partial charge in [0, 0.05) is 36.1 Å². The number of nitrogens with zero attached hydrogens (tertiary/aromatic N) is 2. The van der Waals surface area contributed by atoms with Gasteiger partial charge in [0.1, 0.15) is 17.5 Å². The molecule has 1 saturated heterocycles. The third-order valence-corrected chi connectivity index (χ3v) is 6.43. The number of H-pyrrole nitrogens is 1. The molecule has 6 nitrogen and oxygen atoms in total. The Hall–Kier alpha value is -3.06. The molecule has 2 atom stereocenters. The Morgan fingerprint density at radius 1 is 1.10 bits per heavy atom. The summed E-state index contributed by atoms with van der Waals surface area (Å²) < 4.78 is 11.0. The fourth-order valence-electron chi connectivity index (χ4n) is 4.54. The van der Waals surface area contributed by atoms with Crippen molar-refractivity contribution in [2.75, 3.05) is 21.3 Å². The number of carbonyl (C=O) groups excluding carboxylic acids is 1. The monoisotopic (exact) mass is 407 g/mol. The molecule has 0 bridgehead atoms. The van der Waals surface area contributed by atoms with Crippen LogP contribution in [0.2, 0.25) is 0 Å².